The molecule has 3 rings (SSSR count). The van der Waals surface area contributed by atoms with Gasteiger partial charge in [-0.1, -0.05) is 11.6 Å². The molecular formula is C11H9ClN4O2S. The van der Waals surface area contributed by atoms with Crippen molar-refractivity contribution in [3.8, 4) is 0 Å². The first-order chi connectivity index (χ1) is 9.08. The molecule has 1 saturated heterocycles. The number of piperazine rings is 1. The topological polar surface area (TPSA) is 75.2 Å². The number of fused-ring (bicyclic) bond motifs is 1. The molecule has 2 amide bonds. The number of carbonyl (C=O) groups excluding carboxylic acids is 2. The van der Waals surface area contributed by atoms with Gasteiger partial charge in [-0.25, -0.2) is 0 Å². The second-order valence-electron chi connectivity index (χ2n) is 4.24. The summed E-state index contributed by atoms with van der Waals surface area (Å²) in [7, 11) is 0. The van der Waals surface area contributed by atoms with Crippen LogP contribution < -0.4 is 10.2 Å². The zero-order valence-electron chi connectivity index (χ0n) is 9.88. The van der Waals surface area contributed by atoms with E-state index in [1.54, 1.807) is 19.1 Å². The fourth-order valence-corrected chi connectivity index (χ4v) is 2.86. The number of hydrogen-bond acceptors (Lipinski definition) is 5. The van der Waals surface area contributed by atoms with Crippen LogP contribution in [0.2, 0.25) is 5.02 Å². The average Bonchev–Trinajstić information content (AvgIpc) is 2.82. The normalized spacial score (nSPS) is 19.9. The lowest BCUT2D eigenvalue weighted by Crippen LogP contribution is -2.57. The predicted octanol–water partition coefficient (Wildman–Crippen LogP) is 1.20. The maximum absolute atomic E-state index is 12.2. The van der Waals surface area contributed by atoms with Crippen molar-refractivity contribution in [1.29, 1.82) is 0 Å². The highest BCUT2D eigenvalue weighted by molar-refractivity contribution is 7.00. The van der Waals surface area contributed by atoms with Crippen LogP contribution in [-0.2, 0) is 9.59 Å². The number of aromatic nitrogens is 2. The van der Waals surface area contributed by atoms with Gasteiger partial charge in [0, 0.05) is 0 Å². The molecule has 6 nitrogen and oxygen atoms in total. The Balaban J connectivity index is 2.17. The molecule has 19 heavy (non-hydrogen) atoms. The van der Waals surface area contributed by atoms with Crippen LogP contribution in [0.1, 0.15) is 6.92 Å². The summed E-state index contributed by atoms with van der Waals surface area (Å²) in [4.78, 5) is 25.2. The molecule has 1 unspecified atom stereocenters. The molecule has 1 fully saturated rings. The minimum absolute atomic E-state index is 0.0560. The SMILES string of the molecule is CC1NC(=O)CN(c2c(Cl)ccc3nsnc23)C1=O. The van der Waals surface area contributed by atoms with Crippen LogP contribution in [0.15, 0.2) is 12.1 Å². The van der Waals surface area contributed by atoms with Crippen molar-refractivity contribution in [1.82, 2.24) is 14.1 Å². The number of rotatable bonds is 1. The molecule has 8 heteroatoms. The molecule has 0 spiro atoms. The molecule has 1 aliphatic heterocycles. The van der Waals surface area contributed by atoms with Gasteiger partial charge in [-0.2, -0.15) is 8.75 Å². The van der Waals surface area contributed by atoms with Crippen LogP contribution in [0, 0.1) is 0 Å². The molecule has 1 aromatic carbocycles. The van der Waals surface area contributed by atoms with E-state index in [0.717, 1.165) is 11.7 Å². The van der Waals surface area contributed by atoms with E-state index in [1.165, 1.54) is 4.90 Å². The summed E-state index contributed by atoms with van der Waals surface area (Å²) in [6, 6.07) is 2.83. The Kier molecular flexibility index (Phi) is 2.87. The van der Waals surface area contributed by atoms with Gasteiger partial charge in [0.25, 0.3) is 0 Å². The van der Waals surface area contributed by atoms with E-state index in [-0.39, 0.29) is 18.4 Å². The lowest BCUT2D eigenvalue weighted by Gasteiger charge is -2.31. The molecule has 1 aliphatic rings. The minimum atomic E-state index is -0.570. The monoisotopic (exact) mass is 296 g/mol. The number of anilines is 1. The third-order valence-electron chi connectivity index (χ3n) is 2.94. The fraction of sp³-hybridized carbons (Fsp3) is 0.273. The van der Waals surface area contributed by atoms with Crippen LogP contribution in [0.3, 0.4) is 0 Å². The van der Waals surface area contributed by atoms with Gasteiger partial charge in [0.2, 0.25) is 11.8 Å². The van der Waals surface area contributed by atoms with Crippen LogP contribution >= 0.6 is 23.3 Å². The molecule has 0 bridgehead atoms. The Labute approximate surface area is 117 Å². The molecule has 1 atom stereocenters. The van der Waals surface area contributed by atoms with Gasteiger partial charge in [-0.3, -0.25) is 14.5 Å². The molecule has 0 aliphatic carbocycles. The highest BCUT2D eigenvalue weighted by atomic mass is 35.5. The molecular weight excluding hydrogens is 288 g/mol. The van der Waals surface area contributed by atoms with Gasteiger partial charge < -0.3 is 5.32 Å². The van der Waals surface area contributed by atoms with Gasteiger partial charge in [0.05, 0.1) is 22.4 Å². The third-order valence-corrected chi connectivity index (χ3v) is 3.79. The first kappa shape index (κ1) is 12.3. The van der Waals surface area contributed by atoms with Gasteiger partial charge in [-0.15, -0.1) is 0 Å². The summed E-state index contributed by atoms with van der Waals surface area (Å²) >= 11 is 7.21. The maximum Gasteiger partial charge on any atom is 0.249 e. The third kappa shape index (κ3) is 1.95. The smallest absolute Gasteiger partial charge is 0.249 e. The number of hydrogen-bond donors (Lipinski definition) is 1. The first-order valence-electron chi connectivity index (χ1n) is 5.59. The van der Waals surface area contributed by atoms with E-state index < -0.39 is 6.04 Å². The van der Waals surface area contributed by atoms with Crippen molar-refractivity contribution < 1.29 is 9.59 Å². The van der Waals surface area contributed by atoms with E-state index >= 15 is 0 Å². The van der Waals surface area contributed by atoms with Gasteiger partial charge >= 0.3 is 0 Å². The van der Waals surface area contributed by atoms with Gasteiger partial charge in [0.1, 0.15) is 23.6 Å². The molecule has 1 aromatic heterocycles. The average molecular weight is 297 g/mol. The van der Waals surface area contributed by atoms with Crippen LogP contribution in [-0.4, -0.2) is 33.1 Å². The highest BCUT2D eigenvalue weighted by Gasteiger charge is 2.33. The summed E-state index contributed by atoms with van der Waals surface area (Å²) < 4.78 is 8.27. The number of amides is 2. The molecule has 0 saturated carbocycles. The van der Waals surface area contributed by atoms with Crippen LogP contribution in [0.25, 0.3) is 11.0 Å². The van der Waals surface area contributed by atoms with Crippen LogP contribution in [0.5, 0.6) is 0 Å². The Bertz CT molecular complexity index is 686. The Hall–Kier alpha value is -1.73. The predicted molar refractivity (Wildman–Crippen MR) is 72.4 cm³/mol. The second-order valence-corrected chi connectivity index (χ2v) is 5.18. The van der Waals surface area contributed by atoms with Gasteiger partial charge in [-0.05, 0) is 19.1 Å². The summed E-state index contributed by atoms with van der Waals surface area (Å²) in [5, 5.41) is 2.97. The van der Waals surface area contributed by atoms with E-state index in [1.807, 2.05) is 0 Å². The van der Waals surface area contributed by atoms with Crippen molar-refractivity contribution in [2.75, 3.05) is 11.4 Å². The van der Waals surface area contributed by atoms with E-state index in [0.29, 0.717) is 21.7 Å². The molecule has 1 N–H and O–H groups in total. The molecule has 2 aromatic rings. The standard InChI is InChI=1S/C11H9ClN4O2S/c1-5-11(18)16(4-8(17)13-5)10-6(12)2-3-7-9(10)15-19-14-7/h2-3,5H,4H2,1H3,(H,13,17). The van der Waals surface area contributed by atoms with E-state index in [9.17, 15) is 9.59 Å². The Morgan fingerprint density at radius 2 is 2.21 bits per heavy atom. The molecule has 98 valence electrons. The van der Waals surface area contributed by atoms with E-state index in [4.69, 9.17) is 11.6 Å². The zero-order valence-corrected chi connectivity index (χ0v) is 11.5. The van der Waals surface area contributed by atoms with Crippen molar-refractivity contribution in [2.45, 2.75) is 13.0 Å². The van der Waals surface area contributed by atoms with Crippen molar-refractivity contribution in [3.05, 3.63) is 17.2 Å². The van der Waals surface area contributed by atoms with Gasteiger partial charge in [0.15, 0.2) is 0 Å². The highest BCUT2D eigenvalue weighted by Crippen LogP contribution is 2.34. The number of carbonyl (C=O) groups is 2. The number of benzene rings is 1. The van der Waals surface area contributed by atoms with Crippen LogP contribution in [0.4, 0.5) is 5.69 Å². The van der Waals surface area contributed by atoms with Crippen molar-refractivity contribution in [2.24, 2.45) is 0 Å². The number of nitrogens with one attached hydrogen (secondary N) is 1. The number of nitrogens with zero attached hydrogens (tertiary/aromatic N) is 3. The summed E-state index contributed by atoms with van der Waals surface area (Å²) in [5.41, 5.74) is 1.67. The quantitative estimate of drug-likeness (QED) is 0.858. The fourth-order valence-electron chi connectivity index (χ4n) is 2.06. The molecule has 0 radical (unpaired) electrons. The zero-order chi connectivity index (χ0) is 13.6. The van der Waals surface area contributed by atoms with Crippen molar-refractivity contribution >= 4 is 51.9 Å². The maximum atomic E-state index is 12.2. The lowest BCUT2D eigenvalue weighted by atomic mass is 10.1. The minimum Gasteiger partial charge on any atom is -0.343 e. The summed E-state index contributed by atoms with van der Waals surface area (Å²) in [6.45, 7) is 1.58. The Morgan fingerprint density at radius 3 is 3.00 bits per heavy atom. The lowest BCUT2D eigenvalue weighted by molar-refractivity contribution is -0.130. The first-order valence-corrected chi connectivity index (χ1v) is 6.70. The summed E-state index contributed by atoms with van der Waals surface area (Å²) in [6.07, 6.45) is 0. The largest absolute Gasteiger partial charge is 0.343 e. The van der Waals surface area contributed by atoms with Crippen molar-refractivity contribution in [3.63, 3.8) is 0 Å². The molecule has 2 heterocycles. The van der Waals surface area contributed by atoms with E-state index in [2.05, 4.69) is 14.1 Å². The number of halogens is 1. The summed E-state index contributed by atoms with van der Waals surface area (Å²) in [5.74, 6) is -0.426. The second kappa shape index (κ2) is 4.43. The Morgan fingerprint density at radius 1 is 1.42 bits per heavy atom.